The first kappa shape index (κ1) is 21.0. The van der Waals surface area contributed by atoms with Gasteiger partial charge in [-0.05, 0) is 43.0 Å². The third kappa shape index (κ3) is 7.84. The Bertz CT molecular complexity index is 517. The van der Waals surface area contributed by atoms with Crippen LogP contribution in [0.2, 0.25) is 0 Å². The maximum atomic E-state index is 13.6. The van der Waals surface area contributed by atoms with Crippen LogP contribution in [0.1, 0.15) is 24.0 Å². The lowest BCUT2D eigenvalue weighted by Gasteiger charge is -2.12. The molecule has 0 atom stereocenters. The first-order valence-electron chi connectivity index (χ1n) is 6.83. The minimum atomic E-state index is -0.322. The van der Waals surface area contributed by atoms with E-state index in [0.717, 1.165) is 25.1 Å². The first-order valence-corrected chi connectivity index (χ1v) is 8.22. The molecule has 2 N–H and O–H groups in total. The monoisotopic (exact) mass is 436 g/mol. The molecule has 0 amide bonds. The van der Waals surface area contributed by atoms with Gasteiger partial charge in [0.1, 0.15) is 5.82 Å². The fraction of sp³-hybridized carbons (Fsp3) is 0.467. The number of nitrogens with one attached hydrogen (secondary N) is 2. The second-order valence-electron chi connectivity index (χ2n) is 4.47. The lowest BCUT2D eigenvalue weighted by molar-refractivity contribution is 0.604. The molecule has 0 aliphatic rings. The predicted octanol–water partition coefficient (Wildman–Crippen LogP) is 3.12. The van der Waals surface area contributed by atoms with Gasteiger partial charge in [-0.25, -0.2) is 4.39 Å². The SMILES string of the molecule is CN=C(NCCCCSC)NCc1cc(C#N)ccc1F.I. The van der Waals surface area contributed by atoms with Crippen LogP contribution in [0.25, 0.3) is 0 Å². The number of halogens is 2. The van der Waals surface area contributed by atoms with E-state index in [1.807, 2.05) is 17.8 Å². The van der Waals surface area contributed by atoms with E-state index in [2.05, 4.69) is 21.9 Å². The number of nitrogens with zero attached hydrogens (tertiary/aromatic N) is 2. The van der Waals surface area contributed by atoms with Crippen LogP contribution >= 0.6 is 35.7 Å². The third-order valence-corrected chi connectivity index (χ3v) is 3.61. The van der Waals surface area contributed by atoms with E-state index in [0.29, 0.717) is 23.6 Å². The van der Waals surface area contributed by atoms with E-state index >= 15 is 0 Å². The lowest BCUT2D eigenvalue weighted by atomic mass is 10.1. The second-order valence-corrected chi connectivity index (χ2v) is 5.46. The van der Waals surface area contributed by atoms with E-state index in [9.17, 15) is 4.39 Å². The Kier molecular flexibility index (Phi) is 12.0. The summed E-state index contributed by atoms with van der Waals surface area (Å²) in [5.74, 6) is 1.47. The van der Waals surface area contributed by atoms with Gasteiger partial charge in [0.05, 0.1) is 11.6 Å². The summed E-state index contributed by atoms with van der Waals surface area (Å²) in [6.07, 6.45) is 4.32. The second kappa shape index (κ2) is 12.5. The molecule has 0 bridgehead atoms. The molecule has 122 valence electrons. The fourth-order valence-electron chi connectivity index (χ4n) is 1.76. The van der Waals surface area contributed by atoms with Gasteiger partial charge in [0.2, 0.25) is 0 Å². The van der Waals surface area contributed by atoms with Crippen molar-refractivity contribution in [1.29, 1.82) is 5.26 Å². The molecule has 1 aromatic rings. The topological polar surface area (TPSA) is 60.2 Å². The number of thioether (sulfide) groups is 1. The van der Waals surface area contributed by atoms with Crippen molar-refractivity contribution in [1.82, 2.24) is 10.6 Å². The number of hydrogen-bond donors (Lipinski definition) is 2. The van der Waals surface area contributed by atoms with E-state index < -0.39 is 0 Å². The molecular weight excluding hydrogens is 414 g/mol. The fourth-order valence-corrected chi connectivity index (χ4v) is 2.25. The first-order chi connectivity index (χ1) is 10.2. The Morgan fingerprint density at radius 1 is 1.36 bits per heavy atom. The van der Waals surface area contributed by atoms with Crippen LogP contribution in [0, 0.1) is 17.1 Å². The summed E-state index contributed by atoms with van der Waals surface area (Å²) in [6.45, 7) is 1.13. The Morgan fingerprint density at radius 2 is 2.14 bits per heavy atom. The minimum absolute atomic E-state index is 0. The molecule has 0 unspecified atom stereocenters. The number of guanidine groups is 1. The van der Waals surface area contributed by atoms with Crippen LogP contribution in [0.5, 0.6) is 0 Å². The summed E-state index contributed by atoms with van der Waals surface area (Å²) in [4.78, 5) is 4.09. The molecule has 0 saturated carbocycles. The van der Waals surface area contributed by atoms with Crippen molar-refractivity contribution in [3.8, 4) is 6.07 Å². The van der Waals surface area contributed by atoms with Gasteiger partial charge in [-0.3, -0.25) is 4.99 Å². The molecule has 0 aliphatic heterocycles. The smallest absolute Gasteiger partial charge is 0.191 e. The third-order valence-electron chi connectivity index (χ3n) is 2.91. The van der Waals surface area contributed by atoms with Crippen LogP contribution in [0.15, 0.2) is 23.2 Å². The van der Waals surface area contributed by atoms with Gasteiger partial charge < -0.3 is 10.6 Å². The van der Waals surface area contributed by atoms with Crippen molar-refractivity contribution in [2.45, 2.75) is 19.4 Å². The predicted molar refractivity (Wildman–Crippen MR) is 102 cm³/mol. The summed E-state index contributed by atoms with van der Waals surface area (Å²) >= 11 is 1.84. The Hall–Kier alpha value is -1.01. The lowest BCUT2D eigenvalue weighted by Crippen LogP contribution is -2.37. The van der Waals surface area contributed by atoms with Crippen molar-refractivity contribution in [3.05, 3.63) is 35.1 Å². The molecule has 0 fully saturated rings. The summed E-state index contributed by atoms with van der Waals surface area (Å²) in [5, 5.41) is 15.1. The van der Waals surface area contributed by atoms with Gasteiger partial charge in [-0.2, -0.15) is 17.0 Å². The van der Waals surface area contributed by atoms with Crippen molar-refractivity contribution in [2.24, 2.45) is 4.99 Å². The van der Waals surface area contributed by atoms with Gasteiger partial charge >= 0.3 is 0 Å². The highest BCUT2D eigenvalue weighted by atomic mass is 127. The van der Waals surface area contributed by atoms with E-state index in [4.69, 9.17) is 5.26 Å². The zero-order valence-corrected chi connectivity index (χ0v) is 16.0. The molecule has 0 saturated heterocycles. The quantitative estimate of drug-likeness (QED) is 0.299. The summed E-state index contributed by atoms with van der Waals surface area (Å²) in [5.41, 5.74) is 0.910. The van der Waals surface area contributed by atoms with Crippen LogP contribution in [0.3, 0.4) is 0 Å². The molecule has 1 rings (SSSR count). The number of benzene rings is 1. The molecule has 0 heterocycles. The highest BCUT2D eigenvalue weighted by Crippen LogP contribution is 2.09. The highest BCUT2D eigenvalue weighted by Gasteiger charge is 2.05. The van der Waals surface area contributed by atoms with Gasteiger partial charge in [0.25, 0.3) is 0 Å². The van der Waals surface area contributed by atoms with E-state index in [1.54, 1.807) is 13.1 Å². The minimum Gasteiger partial charge on any atom is -0.356 e. The Labute approximate surface area is 153 Å². The van der Waals surface area contributed by atoms with E-state index in [1.165, 1.54) is 12.1 Å². The molecule has 1 aromatic carbocycles. The number of nitriles is 1. The van der Waals surface area contributed by atoms with Crippen LogP contribution < -0.4 is 10.6 Å². The van der Waals surface area contributed by atoms with Crippen molar-refractivity contribution < 1.29 is 4.39 Å². The largest absolute Gasteiger partial charge is 0.356 e. The number of unbranched alkanes of at least 4 members (excludes halogenated alkanes) is 1. The van der Waals surface area contributed by atoms with Gasteiger partial charge in [0.15, 0.2) is 5.96 Å². The summed E-state index contributed by atoms with van der Waals surface area (Å²) in [6, 6.07) is 6.34. The van der Waals surface area contributed by atoms with Crippen molar-refractivity contribution in [3.63, 3.8) is 0 Å². The zero-order chi connectivity index (χ0) is 15.5. The number of hydrogen-bond acceptors (Lipinski definition) is 3. The molecular formula is C15H22FIN4S. The Morgan fingerprint density at radius 3 is 2.77 bits per heavy atom. The van der Waals surface area contributed by atoms with Crippen molar-refractivity contribution in [2.75, 3.05) is 25.6 Å². The maximum Gasteiger partial charge on any atom is 0.191 e. The normalized spacial score (nSPS) is 10.5. The Balaban J connectivity index is 0.00000441. The van der Waals surface area contributed by atoms with Gasteiger partial charge in [0, 0.05) is 25.7 Å². The van der Waals surface area contributed by atoms with Gasteiger partial charge in [-0.15, -0.1) is 24.0 Å². The van der Waals surface area contributed by atoms with Gasteiger partial charge in [-0.1, -0.05) is 0 Å². The maximum absolute atomic E-state index is 13.6. The van der Waals surface area contributed by atoms with E-state index in [-0.39, 0.29) is 29.8 Å². The molecule has 0 aliphatic carbocycles. The molecule has 0 aromatic heterocycles. The molecule has 22 heavy (non-hydrogen) atoms. The molecule has 4 nitrogen and oxygen atoms in total. The van der Waals surface area contributed by atoms with Crippen LogP contribution in [0.4, 0.5) is 4.39 Å². The standard InChI is InChI=1S/C15H21FN4S.HI/c1-18-15(19-7-3-4-8-21-2)20-11-13-9-12(10-17)5-6-14(13)16;/h5-6,9H,3-4,7-8,11H2,1-2H3,(H2,18,19,20);1H. The van der Waals surface area contributed by atoms with Crippen LogP contribution in [-0.2, 0) is 6.54 Å². The average molecular weight is 436 g/mol. The van der Waals surface area contributed by atoms with Crippen LogP contribution in [-0.4, -0.2) is 31.6 Å². The zero-order valence-electron chi connectivity index (χ0n) is 12.9. The summed E-state index contributed by atoms with van der Waals surface area (Å²) < 4.78 is 13.6. The number of rotatable bonds is 7. The highest BCUT2D eigenvalue weighted by molar-refractivity contribution is 14.0. The molecule has 0 spiro atoms. The molecule has 0 radical (unpaired) electrons. The average Bonchev–Trinajstić information content (AvgIpc) is 2.51. The van der Waals surface area contributed by atoms with Crippen molar-refractivity contribution >= 4 is 41.7 Å². The summed E-state index contributed by atoms with van der Waals surface area (Å²) in [7, 11) is 1.68. The molecule has 7 heteroatoms. The number of aliphatic imine (C=N–C) groups is 1.